The highest BCUT2D eigenvalue weighted by atomic mass is 35.5. The standard InChI is InChI=1S/C12H14ClNO3S2/c13-10-3-1-2-4-11(10)14-12(15)7-18-9-5-6-19(16,17)8-9/h1-4,9H,5-8H2,(H,14,15)/t9-/m1/s1. The van der Waals surface area contributed by atoms with E-state index in [-0.39, 0.29) is 28.4 Å². The van der Waals surface area contributed by atoms with Crippen LogP contribution in [0, 0.1) is 0 Å². The Kier molecular flexibility index (Phi) is 4.76. The quantitative estimate of drug-likeness (QED) is 0.924. The molecule has 0 bridgehead atoms. The van der Waals surface area contributed by atoms with Crippen LogP contribution in [0.15, 0.2) is 24.3 Å². The zero-order valence-electron chi connectivity index (χ0n) is 10.1. The van der Waals surface area contributed by atoms with E-state index in [1.807, 2.05) is 0 Å². The summed E-state index contributed by atoms with van der Waals surface area (Å²) in [5.41, 5.74) is 0.578. The second-order valence-electron chi connectivity index (χ2n) is 4.36. The van der Waals surface area contributed by atoms with Gasteiger partial charge in [-0.15, -0.1) is 11.8 Å². The van der Waals surface area contributed by atoms with Crippen LogP contribution < -0.4 is 5.32 Å². The van der Waals surface area contributed by atoms with E-state index in [4.69, 9.17) is 11.6 Å². The number of anilines is 1. The van der Waals surface area contributed by atoms with Gasteiger partial charge < -0.3 is 5.32 Å². The Balaban J connectivity index is 1.81. The lowest BCUT2D eigenvalue weighted by atomic mass is 10.3. The first kappa shape index (κ1) is 14.7. The van der Waals surface area contributed by atoms with E-state index in [9.17, 15) is 13.2 Å². The minimum Gasteiger partial charge on any atom is -0.324 e. The molecule has 0 spiro atoms. The largest absolute Gasteiger partial charge is 0.324 e. The summed E-state index contributed by atoms with van der Waals surface area (Å²) in [6, 6.07) is 7.01. The molecule has 1 aliphatic heterocycles. The maximum absolute atomic E-state index is 11.7. The molecule has 7 heteroatoms. The SMILES string of the molecule is O=C(CS[C@@H]1CCS(=O)(=O)C1)Nc1ccccc1Cl. The molecule has 1 N–H and O–H groups in total. The van der Waals surface area contributed by atoms with Crippen LogP contribution >= 0.6 is 23.4 Å². The fraction of sp³-hybridized carbons (Fsp3) is 0.417. The molecule has 0 aliphatic carbocycles. The summed E-state index contributed by atoms with van der Waals surface area (Å²) < 4.78 is 22.6. The van der Waals surface area contributed by atoms with Gasteiger partial charge in [-0.1, -0.05) is 23.7 Å². The molecule has 1 aromatic rings. The van der Waals surface area contributed by atoms with Crippen molar-refractivity contribution in [1.82, 2.24) is 0 Å². The monoisotopic (exact) mass is 319 g/mol. The molecule has 0 radical (unpaired) electrons. The van der Waals surface area contributed by atoms with Crippen LogP contribution in [0.3, 0.4) is 0 Å². The fourth-order valence-corrected chi connectivity index (χ4v) is 5.46. The van der Waals surface area contributed by atoms with Gasteiger partial charge in [0, 0.05) is 5.25 Å². The van der Waals surface area contributed by atoms with E-state index in [0.29, 0.717) is 17.1 Å². The average Bonchev–Trinajstić information content (AvgIpc) is 2.69. The smallest absolute Gasteiger partial charge is 0.234 e. The summed E-state index contributed by atoms with van der Waals surface area (Å²) in [7, 11) is -2.88. The molecule has 0 unspecified atom stereocenters. The first-order valence-electron chi connectivity index (χ1n) is 5.83. The highest BCUT2D eigenvalue weighted by Crippen LogP contribution is 2.25. The van der Waals surface area contributed by atoms with E-state index < -0.39 is 9.84 Å². The number of para-hydroxylation sites is 1. The summed E-state index contributed by atoms with van der Waals surface area (Å²) in [4.78, 5) is 11.7. The molecule has 1 aliphatic rings. The highest BCUT2D eigenvalue weighted by molar-refractivity contribution is 8.02. The van der Waals surface area contributed by atoms with Crippen molar-refractivity contribution in [2.75, 3.05) is 22.6 Å². The molecular weight excluding hydrogens is 306 g/mol. The molecule has 1 saturated heterocycles. The Morgan fingerprint density at radius 2 is 2.16 bits per heavy atom. The lowest BCUT2D eigenvalue weighted by Gasteiger charge is -2.09. The van der Waals surface area contributed by atoms with Crippen molar-refractivity contribution < 1.29 is 13.2 Å². The number of benzene rings is 1. The van der Waals surface area contributed by atoms with Gasteiger partial charge in [-0.3, -0.25) is 4.79 Å². The third-order valence-electron chi connectivity index (χ3n) is 2.79. The van der Waals surface area contributed by atoms with Crippen molar-refractivity contribution in [1.29, 1.82) is 0 Å². The molecule has 4 nitrogen and oxygen atoms in total. The minimum absolute atomic E-state index is 0.0296. The number of hydrogen-bond acceptors (Lipinski definition) is 4. The second kappa shape index (κ2) is 6.15. The van der Waals surface area contributed by atoms with Crippen molar-refractivity contribution in [2.45, 2.75) is 11.7 Å². The van der Waals surface area contributed by atoms with Crippen molar-refractivity contribution in [3.8, 4) is 0 Å². The van der Waals surface area contributed by atoms with E-state index in [1.54, 1.807) is 24.3 Å². The first-order chi connectivity index (χ1) is 8.96. The van der Waals surface area contributed by atoms with Gasteiger partial charge in [-0.2, -0.15) is 0 Å². The van der Waals surface area contributed by atoms with Gasteiger partial charge in [0.15, 0.2) is 9.84 Å². The molecule has 104 valence electrons. The molecule has 1 fully saturated rings. The van der Waals surface area contributed by atoms with Gasteiger partial charge in [0.25, 0.3) is 0 Å². The summed E-state index contributed by atoms with van der Waals surface area (Å²) in [5, 5.41) is 3.23. The zero-order chi connectivity index (χ0) is 13.9. The van der Waals surface area contributed by atoms with Gasteiger partial charge in [-0.25, -0.2) is 8.42 Å². The van der Waals surface area contributed by atoms with Crippen molar-refractivity contribution in [3.05, 3.63) is 29.3 Å². The Morgan fingerprint density at radius 3 is 2.79 bits per heavy atom. The summed E-state index contributed by atoms with van der Waals surface area (Å²) >= 11 is 7.32. The highest BCUT2D eigenvalue weighted by Gasteiger charge is 2.28. The molecule has 1 aromatic carbocycles. The molecular formula is C12H14ClNO3S2. The lowest BCUT2D eigenvalue weighted by Crippen LogP contribution is -2.17. The van der Waals surface area contributed by atoms with E-state index >= 15 is 0 Å². The van der Waals surface area contributed by atoms with Crippen LogP contribution in [0.25, 0.3) is 0 Å². The third kappa shape index (κ3) is 4.40. The van der Waals surface area contributed by atoms with Crippen LogP contribution in [0.1, 0.15) is 6.42 Å². The number of carbonyl (C=O) groups is 1. The predicted octanol–water partition coefficient (Wildman–Crippen LogP) is 2.20. The molecule has 1 heterocycles. The van der Waals surface area contributed by atoms with E-state index in [0.717, 1.165) is 0 Å². The molecule has 1 amide bonds. The Morgan fingerprint density at radius 1 is 1.42 bits per heavy atom. The molecule has 2 rings (SSSR count). The third-order valence-corrected chi connectivity index (χ3v) is 6.40. The predicted molar refractivity (Wildman–Crippen MR) is 79.6 cm³/mol. The van der Waals surface area contributed by atoms with Crippen molar-refractivity contribution >= 4 is 44.8 Å². The normalized spacial score (nSPS) is 21.2. The van der Waals surface area contributed by atoms with Crippen LogP contribution in [0.4, 0.5) is 5.69 Å². The number of nitrogens with one attached hydrogen (secondary N) is 1. The van der Waals surface area contributed by atoms with Crippen LogP contribution in [-0.2, 0) is 14.6 Å². The maximum Gasteiger partial charge on any atom is 0.234 e. The minimum atomic E-state index is -2.88. The van der Waals surface area contributed by atoms with Crippen LogP contribution in [0.5, 0.6) is 0 Å². The van der Waals surface area contributed by atoms with E-state index in [1.165, 1.54) is 11.8 Å². The van der Waals surface area contributed by atoms with Crippen LogP contribution in [-0.4, -0.2) is 36.8 Å². The van der Waals surface area contributed by atoms with Gasteiger partial charge in [0.1, 0.15) is 0 Å². The van der Waals surface area contributed by atoms with Gasteiger partial charge in [0.05, 0.1) is 28.0 Å². The number of rotatable bonds is 4. The molecule has 0 saturated carbocycles. The number of halogens is 1. The van der Waals surface area contributed by atoms with Crippen LogP contribution in [0.2, 0.25) is 5.02 Å². The average molecular weight is 320 g/mol. The maximum atomic E-state index is 11.7. The van der Waals surface area contributed by atoms with Crippen molar-refractivity contribution in [3.63, 3.8) is 0 Å². The van der Waals surface area contributed by atoms with Gasteiger partial charge >= 0.3 is 0 Å². The summed E-state index contributed by atoms with van der Waals surface area (Å²) in [5.74, 6) is 0.488. The number of carbonyl (C=O) groups excluding carboxylic acids is 1. The Bertz CT molecular complexity index is 574. The summed E-state index contributed by atoms with van der Waals surface area (Å²) in [6.07, 6.45) is 0.631. The van der Waals surface area contributed by atoms with Gasteiger partial charge in [0.2, 0.25) is 5.91 Å². The molecule has 1 atom stereocenters. The molecule has 19 heavy (non-hydrogen) atoms. The number of thioether (sulfide) groups is 1. The van der Waals surface area contributed by atoms with Crippen molar-refractivity contribution in [2.24, 2.45) is 0 Å². The Hall–Kier alpha value is -0.720. The fourth-order valence-electron chi connectivity index (χ4n) is 1.83. The molecule has 0 aromatic heterocycles. The topological polar surface area (TPSA) is 63.2 Å². The van der Waals surface area contributed by atoms with Gasteiger partial charge in [-0.05, 0) is 18.6 Å². The number of hydrogen-bond donors (Lipinski definition) is 1. The zero-order valence-corrected chi connectivity index (χ0v) is 12.5. The second-order valence-corrected chi connectivity index (χ2v) is 8.29. The lowest BCUT2D eigenvalue weighted by molar-refractivity contribution is -0.113. The van der Waals surface area contributed by atoms with E-state index in [2.05, 4.69) is 5.32 Å². The number of amides is 1. The first-order valence-corrected chi connectivity index (χ1v) is 9.07. The summed E-state index contributed by atoms with van der Waals surface area (Å²) in [6.45, 7) is 0. The number of sulfone groups is 1. The Labute approximate surface area is 121 Å².